The third kappa shape index (κ3) is 9.45. The van der Waals surface area contributed by atoms with Gasteiger partial charge in [-0.05, 0) is 19.3 Å². The van der Waals surface area contributed by atoms with Crippen molar-refractivity contribution in [2.45, 2.75) is 110 Å². The van der Waals surface area contributed by atoms with Crippen molar-refractivity contribution in [2.24, 2.45) is 5.92 Å². The molecule has 0 spiro atoms. The topological polar surface area (TPSA) is 49.8 Å². The molecule has 130 valence electrons. The summed E-state index contributed by atoms with van der Waals surface area (Å²) < 4.78 is 5.74. The van der Waals surface area contributed by atoms with Crippen LogP contribution in [0.1, 0.15) is 97.3 Å². The molecular weight excluding hydrogens is 276 g/mol. The fraction of sp³-hybridized carbons (Fsp3) is 0.947. The Morgan fingerprint density at radius 2 is 1.41 bits per heavy atom. The molecule has 1 N–H and O–H groups in total. The summed E-state index contributed by atoms with van der Waals surface area (Å²) in [7, 11) is 0. The Labute approximate surface area is 136 Å². The van der Waals surface area contributed by atoms with Crippen LogP contribution in [0.25, 0.3) is 0 Å². The molecule has 1 aliphatic rings. The molecule has 0 radical (unpaired) electrons. The number of carboxylic acids is 1. The number of rotatable bonds is 15. The van der Waals surface area contributed by atoms with Crippen molar-refractivity contribution in [1.82, 2.24) is 0 Å². The molecule has 1 heterocycles. The summed E-state index contributed by atoms with van der Waals surface area (Å²) in [6.07, 6.45) is 17.2. The van der Waals surface area contributed by atoms with Crippen LogP contribution in [0.2, 0.25) is 0 Å². The van der Waals surface area contributed by atoms with E-state index in [1.54, 1.807) is 6.92 Å². The van der Waals surface area contributed by atoms with Gasteiger partial charge in [0.1, 0.15) is 0 Å². The zero-order chi connectivity index (χ0) is 16.2. The summed E-state index contributed by atoms with van der Waals surface area (Å²) in [5.74, 6) is -0.850. The lowest BCUT2D eigenvalue weighted by Crippen LogP contribution is -2.08. The van der Waals surface area contributed by atoms with Crippen LogP contribution in [0.5, 0.6) is 0 Å². The number of unbranched alkanes of at least 4 members (excludes halogenated alkanes) is 8. The van der Waals surface area contributed by atoms with Gasteiger partial charge in [-0.3, -0.25) is 4.79 Å². The van der Waals surface area contributed by atoms with Crippen LogP contribution in [-0.4, -0.2) is 23.3 Å². The van der Waals surface area contributed by atoms with Gasteiger partial charge in [-0.2, -0.15) is 0 Å². The van der Waals surface area contributed by atoms with Crippen molar-refractivity contribution in [2.75, 3.05) is 0 Å². The maximum Gasteiger partial charge on any atom is 0.306 e. The predicted octanol–water partition coefficient (Wildman–Crippen LogP) is 5.57. The van der Waals surface area contributed by atoms with Gasteiger partial charge in [-0.25, -0.2) is 0 Å². The SMILES string of the molecule is CCCCCCCCC1OC1CCCCCCC(C)C(=O)O. The second kappa shape index (κ2) is 11.9. The summed E-state index contributed by atoms with van der Waals surface area (Å²) in [6, 6.07) is 0. The highest BCUT2D eigenvalue weighted by Gasteiger charge is 2.36. The van der Waals surface area contributed by atoms with Crippen molar-refractivity contribution in [3.63, 3.8) is 0 Å². The van der Waals surface area contributed by atoms with Crippen molar-refractivity contribution in [3.05, 3.63) is 0 Å². The second-order valence-corrected chi connectivity index (χ2v) is 7.00. The molecule has 1 fully saturated rings. The maximum absolute atomic E-state index is 10.7. The van der Waals surface area contributed by atoms with E-state index >= 15 is 0 Å². The number of hydrogen-bond donors (Lipinski definition) is 1. The molecule has 0 bridgehead atoms. The molecule has 3 heteroatoms. The quantitative estimate of drug-likeness (QED) is 0.318. The third-order valence-corrected chi connectivity index (χ3v) is 4.83. The average Bonchev–Trinajstić information content (AvgIpc) is 3.24. The molecule has 1 rings (SSSR count). The van der Waals surface area contributed by atoms with E-state index < -0.39 is 5.97 Å². The lowest BCUT2D eigenvalue weighted by Gasteiger charge is -2.05. The van der Waals surface area contributed by atoms with E-state index in [1.807, 2.05) is 0 Å². The van der Waals surface area contributed by atoms with E-state index in [0.29, 0.717) is 12.2 Å². The zero-order valence-corrected chi connectivity index (χ0v) is 14.7. The number of ether oxygens (including phenoxy) is 1. The Kier molecular flexibility index (Phi) is 10.6. The first-order valence-electron chi connectivity index (χ1n) is 9.53. The highest BCUT2D eigenvalue weighted by molar-refractivity contribution is 5.69. The van der Waals surface area contributed by atoms with Crippen LogP contribution in [0.15, 0.2) is 0 Å². The van der Waals surface area contributed by atoms with E-state index in [4.69, 9.17) is 9.84 Å². The number of epoxide rings is 1. The highest BCUT2D eigenvalue weighted by Crippen LogP contribution is 2.31. The molecule has 0 aromatic rings. The Bertz CT molecular complexity index is 290. The van der Waals surface area contributed by atoms with Crippen LogP contribution in [0, 0.1) is 5.92 Å². The Balaban J connectivity index is 1.81. The first-order valence-corrected chi connectivity index (χ1v) is 9.53. The van der Waals surface area contributed by atoms with E-state index in [1.165, 1.54) is 64.2 Å². The molecule has 3 atom stereocenters. The maximum atomic E-state index is 10.7. The van der Waals surface area contributed by atoms with Gasteiger partial charge in [0.25, 0.3) is 0 Å². The summed E-state index contributed by atoms with van der Waals surface area (Å²) in [4.78, 5) is 10.7. The molecular formula is C19H36O3. The molecule has 22 heavy (non-hydrogen) atoms. The van der Waals surface area contributed by atoms with Crippen molar-refractivity contribution in [3.8, 4) is 0 Å². The van der Waals surface area contributed by atoms with Gasteiger partial charge < -0.3 is 9.84 Å². The van der Waals surface area contributed by atoms with Crippen LogP contribution in [0.4, 0.5) is 0 Å². The minimum atomic E-state index is -0.663. The zero-order valence-electron chi connectivity index (χ0n) is 14.7. The highest BCUT2D eigenvalue weighted by atomic mass is 16.6. The summed E-state index contributed by atoms with van der Waals surface area (Å²) in [5, 5.41) is 8.81. The van der Waals surface area contributed by atoms with Crippen molar-refractivity contribution in [1.29, 1.82) is 0 Å². The summed E-state index contributed by atoms with van der Waals surface area (Å²) in [5.41, 5.74) is 0. The summed E-state index contributed by atoms with van der Waals surface area (Å²) in [6.45, 7) is 4.06. The molecule has 3 unspecified atom stereocenters. The van der Waals surface area contributed by atoms with Gasteiger partial charge in [-0.1, -0.05) is 78.1 Å². The standard InChI is InChI=1S/C19H36O3/c1-3-4-5-6-7-11-14-17-18(22-17)15-12-9-8-10-13-16(2)19(20)21/h16-18H,3-15H2,1-2H3,(H,20,21). The molecule has 1 aliphatic heterocycles. The molecule has 0 saturated carbocycles. The van der Waals surface area contributed by atoms with E-state index in [0.717, 1.165) is 19.3 Å². The fourth-order valence-electron chi connectivity index (χ4n) is 3.09. The molecule has 0 amide bonds. The van der Waals surface area contributed by atoms with Gasteiger partial charge in [-0.15, -0.1) is 0 Å². The lowest BCUT2D eigenvalue weighted by atomic mass is 10.0. The normalized spacial score (nSPS) is 21.7. The first-order chi connectivity index (χ1) is 10.6. The minimum Gasteiger partial charge on any atom is -0.481 e. The van der Waals surface area contributed by atoms with Crippen LogP contribution in [-0.2, 0) is 9.53 Å². The second-order valence-electron chi connectivity index (χ2n) is 7.00. The number of hydrogen-bond acceptors (Lipinski definition) is 2. The Morgan fingerprint density at radius 3 is 1.95 bits per heavy atom. The molecule has 0 aliphatic carbocycles. The predicted molar refractivity (Wildman–Crippen MR) is 91.2 cm³/mol. The molecule has 1 saturated heterocycles. The van der Waals surface area contributed by atoms with Crippen molar-refractivity contribution >= 4 is 5.97 Å². The van der Waals surface area contributed by atoms with E-state index in [9.17, 15) is 4.79 Å². The third-order valence-electron chi connectivity index (χ3n) is 4.83. The fourth-order valence-corrected chi connectivity index (χ4v) is 3.09. The van der Waals surface area contributed by atoms with E-state index in [-0.39, 0.29) is 5.92 Å². The van der Waals surface area contributed by atoms with Gasteiger partial charge in [0.15, 0.2) is 0 Å². The average molecular weight is 312 g/mol. The van der Waals surface area contributed by atoms with Crippen LogP contribution >= 0.6 is 0 Å². The number of carbonyl (C=O) groups is 1. The summed E-state index contributed by atoms with van der Waals surface area (Å²) >= 11 is 0. The lowest BCUT2D eigenvalue weighted by molar-refractivity contribution is -0.141. The van der Waals surface area contributed by atoms with Gasteiger partial charge in [0.05, 0.1) is 18.1 Å². The largest absolute Gasteiger partial charge is 0.481 e. The molecule has 3 nitrogen and oxygen atoms in total. The van der Waals surface area contributed by atoms with Crippen LogP contribution < -0.4 is 0 Å². The molecule has 0 aromatic carbocycles. The van der Waals surface area contributed by atoms with Gasteiger partial charge in [0.2, 0.25) is 0 Å². The first kappa shape index (κ1) is 19.5. The molecule has 0 aromatic heterocycles. The smallest absolute Gasteiger partial charge is 0.306 e. The Morgan fingerprint density at radius 1 is 0.909 bits per heavy atom. The number of aliphatic carboxylic acids is 1. The van der Waals surface area contributed by atoms with E-state index in [2.05, 4.69) is 6.92 Å². The minimum absolute atomic E-state index is 0.187. The van der Waals surface area contributed by atoms with Gasteiger partial charge in [0, 0.05) is 0 Å². The van der Waals surface area contributed by atoms with Crippen LogP contribution in [0.3, 0.4) is 0 Å². The monoisotopic (exact) mass is 312 g/mol. The number of carboxylic acid groups (broad SMARTS) is 1. The Hall–Kier alpha value is -0.570. The van der Waals surface area contributed by atoms with Gasteiger partial charge >= 0.3 is 5.97 Å². The van der Waals surface area contributed by atoms with Crippen molar-refractivity contribution < 1.29 is 14.6 Å².